The molecule has 0 N–H and O–H groups in total. The zero-order chi connectivity index (χ0) is 19.7. The Hall–Kier alpha value is -2.49. The molecule has 0 bridgehead atoms. The van der Waals surface area contributed by atoms with Crippen molar-refractivity contribution in [2.75, 3.05) is 13.2 Å². The van der Waals surface area contributed by atoms with E-state index in [2.05, 4.69) is 22.0 Å². The highest BCUT2D eigenvalue weighted by Gasteiger charge is 2.50. The maximum Gasteiger partial charge on any atom is 0.258 e. The lowest BCUT2D eigenvalue weighted by Gasteiger charge is -2.21. The van der Waals surface area contributed by atoms with E-state index in [9.17, 15) is 10.1 Å². The monoisotopic (exact) mass is 437 g/mol. The second-order valence-corrected chi connectivity index (χ2v) is 8.02. The highest BCUT2D eigenvalue weighted by Crippen LogP contribution is 2.33. The normalized spacial score (nSPS) is 21.2. The number of hydrogen-bond donors (Lipinski definition) is 0. The van der Waals surface area contributed by atoms with Crippen molar-refractivity contribution < 1.29 is 9.53 Å². The first-order valence-corrected chi connectivity index (χ1v) is 10.1. The number of ether oxygens (including phenoxy) is 1. The summed E-state index contributed by atoms with van der Waals surface area (Å²) >= 11 is 3.47. The van der Waals surface area contributed by atoms with Crippen molar-refractivity contribution in [3.63, 3.8) is 0 Å². The first kappa shape index (κ1) is 18.9. The van der Waals surface area contributed by atoms with Crippen molar-refractivity contribution in [2.45, 2.75) is 31.8 Å². The van der Waals surface area contributed by atoms with Gasteiger partial charge < -0.3 is 4.74 Å². The van der Waals surface area contributed by atoms with Gasteiger partial charge in [-0.2, -0.15) is 5.26 Å². The maximum absolute atomic E-state index is 13.0. The summed E-state index contributed by atoms with van der Waals surface area (Å²) in [5.74, 6) is 0.878. The fourth-order valence-electron chi connectivity index (χ4n) is 3.79. The number of aliphatic imine (C=N–C) groups is 1. The van der Waals surface area contributed by atoms with Crippen LogP contribution in [0.25, 0.3) is 11.1 Å². The third-order valence-electron chi connectivity index (χ3n) is 5.32. The number of nitrogens with zero attached hydrogens (tertiary/aromatic N) is 3. The van der Waals surface area contributed by atoms with Crippen LogP contribution in [0.4, 0.5) is 0 Å². The van der Waals surface area contributed by atoms with Crippen LogP contribution in [-0.2, 0) is 16.1 Å². The highest BCUT2D eigenvalue weighted by atomic mass is 79.9. The predicted molar refractivity (Wildman–Crippen MR) is 111 cm³/mol. The Labute approximate surface area is 172 Å². The zero-order valence-electron chi connectivity index (χ0n) is 15.6. The molecule has 6 heteroatoms. The SMILES string of the molecule is CCC1=NC2(CCOC2)C(=O)N1Cc1ccc(-c2cc(Br)ccc2C#N)cc1. The molecule has 1 spiro atoms. The molecular formula is C22H20BrN3O2. The van der Waals surface area contributed by atoms with Crippen LogP contribution in [0.5, 0.6) is 0 Å². The average molecular weight is 438 g/mol. The number of carbonyl (C=O) groups is 1. The molecule has 5 nitrogen and oxygen atoms in total. The summed E-state index contributed by atoms with van der Waals surface area (Å²) < 4.78 is 6.39. The Balaban J connectivity index is 1.57. The van der Waals surface area contributed by atoms with Gasteiger partial charge in [0.1, 0.15) is 5.84 Å². The van der Waals surface area contributed by atoms with Gasteiger partial charge in [0.2, 0.25) is 0 Å². The van der Waals surface area contributed by atoms with Crippen LogP contribution in [0, 0.1) is 11.3 Å². The molecule has 1 saturated heterocycles. The van der Waals surface area contributed by atoms with Crippen LogP contribution < -0.4 is 0 Å². The van der Waals surface area contributed by atoms with E-state index in [0.29, 0.717) is 31.7 Å². The first-order valence-electron chi connectivity index (χ1n) is 9.34. The Bertz CT molecular complexity index is 986. The zero-order valence-corrected chi connectivity index (χ0v) is 17.2. The fraction of sp³-hybridized carbons (Fsp3) is 0.318. The molecule has 28 heavy (non-hydrogen) atoms. The van der Waals surface area contributed by atoms with Gasteiger partial charge in [0.25, 0.3) is 5.91 Å². The molecule has 1 amide bonds. The van der Waals surface area contributed by atoms with Gasteiger partial charge in [0.05, 0.1) is 24.8 Å². The molecule has 1 unspecified atom stereocenters. The van der Waals surface area contributed by atoms with Gasteiger partial charge in [-0.3, -0.25) is 14.7 Å². The number of hydrogen-bond acceptors (Lipinski definition) is 4. The Morgan fingerprint density at radius 3 is 2.71 bits per heavy atom. The topological polar surface area (TPSA) is 65.7 Å². The van der Waals surface area contributed by atoms with E-state index in [1.807, 2.05) is 49.4 Å². The van der Waals surface area contributed by atoms with E-state index < -0.39 is 5.54 Å². The molecule has 4 rings (SSSR count). The van der Waals surface area contributed by atoms with Gasteiger partial charge >= 0.3 is 0 Å². The highest BCUT2D eigenvalue weighted by molar-refractivity contribution is 9.10. The number of nitriles is 1. The van der Waals surface area contributed by atoms with E-state index in [1.165, 1.54) is 0 Å². The largest absolute Gasteiger partial charge is 0.378 e. The van der Waals surface area contributed by atoms with Gasteiger partial charge in [0, 0.05) is 29.5 Å². The van der Waals surface area contributed by atoms with Crippen molar-refractivity contribution in [3.8, 4) is 17.2 Å². The summed E-state index contributed by atoms with van der Waals surface area (Å²) in [6.07, 6.45) is 1.37. The number of amides is 1. The number of amidine groups is 1. The molecule has 0 radical (unpaired) electrons. The van der Waals surface area contributed by atoms with E-state index >= 15 is 0 Å². The molecule has 2 aliphatic rings. The average Bonchev–Trinajstić information content (AvgIpc) is 3.29. The first-order chi connectivity index (χ1) is 13.6. The quantitative estimate of drug-likeness (QED) is 0.715. The van der Waals surface area contributed by atoms with Crippen LogP contribution >= 0.6 is 15.9 Å². The van der Waals surface area contributed by atoms with E-state index in [-0.39, 0.29) is 5.91 Å². The molecule has 0 saturated carbocycles. The molecule has 2 heterocycles. The smallest absolute Gasteiger partial charge is 0.258 e. The third-order valence-corrected chi connectivity index (χ3v) is 5.82. The van der Waals surface area contributed by atoms with E-state index in [4.69, 9.17) is 9.73 Å². The minimum absolute atomic E-state index is 0.0460. The van der Waals surface area contributed by atoms with Gasteiger partial charge in [-0.1, -0.05) is 47.1 Å². The van der Waals surface area contributed by atoms with Crippen LogP contribution in [0.2, 0.25) is 0 Å². The number of halogens is 1. The Morgan fingerprint density at radius 2 is 2.07 bits per heavy atom. The third kappa shape index (κ3) is 3.25. The number of benzene rings is 2. The molecule has 2 aromatic rings. The lowest BCUT2D eigenvalue weighted by molar-refractivity contribution is -0.131. The summed E-state index contributed by atoms with van der Waals surface area (Å²) in [7, 11) is 0. The molecule has 0 aliphatic carbocycles. The van der Waals surface area contributed by atoms with Gasteiger partial charge in [-0.25, -0.2) is 0 Å². The minimum atomic E-state index is -0.705. The second kappa shape index (κ2) is 7.50. The number of rotatable bonds is 4. The summed E-state index contributed by atoms with van der Waals surface area (Å²) in [5, 5.41) is 9.37. The van der Waals surface area contributed by atoms with Gasteiger partial charge in [-0.05, 0) is 29.3 Å². The standard InChI is InChI=1S/C22H20BrN3O2/c1-2-20-25-22(9-10-28-14-22)21(27)26(20)13-15-3-5-16(6-4-15)19-11-18(23)8-7-17(19)12-24/h3-8,11H,2,9-10,13-14H2,1H3. The second-order valence-electron chi connectivity index (χ2n) is 7.11. The molecule has 142 valence electrons. The minimum Gasteiger partial charge on any atom is -0.378 e. The molecule has 2 aliphatic heterocycles. The molecule has 1 fully saturated rings. The van der Waals surface area contributed by atoms with Crippen LogP contribution in [-0.4, -0.2) is 35.4 Å². The molecular weight excluding hydrogens is 418 g/mol. The maximum atomic E-state index is 13.0. The van der Waals surface area contributed by atoms with E-state index in [1.54, 1.807) is 4.90 Å². The van der Waals surface area contributed by atoms with E-state index in [0.717, 1.165) is 33.4 Å². The van der Waals surface area contributed by atoms with Crippen molar-refractivity contribution in [1.29, 1.82) is 5.26 Å². The summed E-state index contributed by atoms with van der Waals surface area (Å²) in [5.41, 5.74) is 2.82. The van der Waals surface area contributed by atoms with Gasteiger partial charge in [0.15, 0.2) is 5.54 Å². The van der Waals surface area contributed by atoms with Crippen molar-refractivity contribution in [2.24, 2.45) is 4.99 Å². The van der Waals surface area contributed by atoms with Crippen molar-refractivity contribution in [1.82, 2.24) is 4.90 Å². The lowest BCUT2D eigenvalue weighted by Crippen LogP contribution is -2.42. The Morgan fingerprint density at radius 1 is 1.29 bits per heavy atom. The predicted octanol–water partition coefficient (Wildman–Crippen LogP) is 4.30. The van der Waals surface area contributed by atoms with Crippen LogP contribution in [0.3, 0.4) is 0 Å². The van der Waals surface area contributed by atoms with Crippen molar-refractivity contribution in [3.05, 3.63) is 58.1 Å². The van der Waals surface area contributed by atoms with Crippen molar-refractivity contribution >= 4 is 27.7 Å². The van der Waals surface area contributed by atoms with Gasteiger partial charge in [-0.15, -0.1) is 0 Å². The summed E-state index contributed by atoms with van der Waals surface area (Å²) in [6.45, 7) is 3.48. The van der Waals surface area contributed by atoms with Crippen LogP contribution in [0.15, 0.2) is 51.9 Å². The number of carbonyl (C=O) groups excluding carboxylic acids is 1. The Kier molecular flexibility index (Phi) is 5.05. The lowest BCUT2D eigenvalue weighted by atomic mass is 9.98. The molecule has 0 aromatic heterocycles. The summed E-state index contributed by atoms with van der Waals surface area (Å²) in [6, 6.07) is 15.9. The summed E-state index contributed by atoms with van der Waals surface area (Å²) in [4.78, 5) is 19.5. The molecule has 1 atom stereocenters. The molecule has 2 aromatic carbocycles. The van der Waals surface area contributed by atoms with Crippen LogP contribution in [0.1, 0.15) is 30.9 Å². The fourth-order valence-corrected chi connectivity index (χ4v) is 4.15.